The van der Waals surface area contributed by atoms with Crippen LogP contribution in [0, 0.1) is 6.92 Å². The highest BCUT2D eigenvalue weighted by molar-refractivity contribution is 7.80. The zero-order valence-corrected chi connectivity index (χ0v) is 14.6. The molecule has 3 rings (SSSR count). The van der Waals surface area contributed by atoms with Gasteiger partial charge in [-0.3, -0.25) is 0 Å². The van der Waals surface area contributed by atoms with Crippen LogP contribution in [0.5, 0.6) is 0 Å². The fourth-order valence-electron chi connectivity index (χ4n) is 3.43. The summed E-state index contributed by atoms with van der Waals surface area (Å²) in [4.78, 5) is 14.2. The van der Waals surface area contributed by atoms with Crippen LogP contribution in [-0.4, -0.2) is 28.2 Å². The number of carbonyl (C=O) groups is 1. The number of nitrogens with one attached hydrogen (secondary N) is 1. The maximum Gasteiger partial charge on any atom is 0.325 e. The van der Waals surface area contributed by atoms with Crippen molar-refractivity contribution in [1.82, 2.24) is 10.2 Å². The molecule has 4 nitrogen and oxygen atoms in total. The van der Waals surface area contributed by atoms with Crippen molar-refractivity contribution < 1.29 is 9.53 Å². The molecular weight excluding hydrogens is 308 g/mol. The molecule has 1 N–H and O–H groups in total. The van der Waals surface area contributed by atoms with Crippen LogP contribution in [0.1, 0.15) is 56.3 Å². The number of nitrogens with zero attached hydrogens (tertiary/aromatic N) is 1. The van der Waals surface area contributed by atoms with Gasteiger partial charge in [0.25, 0.3) is 5.17 Å². The number of hydrogen-bond acceptors (Lipinski definition) is 3. The molecule has 124 valence electrons. The van der Waals surface area contributed by atoms with Crippen LogP contribution in [0.15, 0.2) is 24.3 Å². The number of thiocarbonyl (C=S) groups is 1. The first-order valence-electron chi connectivity index (χ1n) is 8.43. The van der Waals surface area contributed by atoms with Crippen molar-refractivity contribution in [3.05, 3.63) is 35.4 Å². The molecule has 0 bridgehead atoms. The number of amides is 2. The molecule has 1 saturated carbocycles. The molecule has 0 radical (unpaired) electrons. The van der Waals surface area contributed by atoms with E-state index in [-0.39, 0.29) is 29.4 Å². The minimum absolute atomic E-state index is 0.103. The van der Waals surface area contributed by atoms with Gasteiger partial charge in [0, 0.05) is 6.04 Å². The standard InChI is InChI=1S/C18H24N2O2S/c1-12-8-10-14(11-9-12)16-13(2)20(18(23)22-16)17(21)19-15-6-4-3-5-7-15/h8-11,13,15-16H,3-7H2,1-2H3,(H,19,21). The second kappa shape index (κ2) is 6.87. The number of aryl methyl sites for hydroxylation is 1. The van der Waals surface area contributed by atoms with Crippen LogP contribution in [0.2, 0.25) is 0 Å². The fraction of sp³-hybridized carbons (Fsp3) is 0.556. The molecule has 0 aromatic heterocycles. The predicted molar refractivity (Wildman–Crippen MR) is 94.3 cm³/mol. The van der Waals surface area contributed by atoms with E-state index in [1.165, 1.54) is 24.8 Å². The van der Waals surface area contributed by atoms with Crippen molar-refractivity contribution >= 4 is 23.4 Å². The molecule has 1 aliphatic heterocycles. The smallest absolute Gasteiger partial charge is 0.325 e. The summed E-state index contributed by atoms with van der Waals surface area (Å²) in [7, 11) is 0. The topological polar surface area (TPSA) is 41.6 Å². The monoisotopic (exact) mass is 332 g/mol. The molecule has 1 heterocycles. The SMILES string of the molecule is Cc1ccc(C2OC(=S)N(C(=O)NC3CCCCC3)C2C)cc1. The molecule has 23 heavy (non-hydrogen) atoms. The molecule has 2 unspecified atom stereocenters. The van der Waals surface area contributed by atoms with Gasteiger partial charge in [-0.05, 0) is 44.5 Å². The first kappa shape index (κ1) is 16.2. The highest BCUT2D eigenvalue weighted by Gasteiger charge is 2.41. The highest BCUT2D eigenvalue weighted by atomic mass is 32.1. The lowest BCUT2D eigenvalue weighted by atomic mass is 9.96. The van der Waals surface area contributed by atoms with Gasteiger partial charge < -0.3 is 10.1 Å². The largest absolute Gasteiger partial charge is 0.460 e. The minimum Gasteiger partial charge on any atom is -0.460 e. The van der Waals surface area contributed by atoms with E-state index in [1.54, 1.807) is 4.90 Å². The quantitative estimate of drug-likeness (QED) is 0.830. The number of carbonyl (C=O) groups excluding carboxylic acids is 1. The highest BCUT2D eigenvalue weighted by Crippen LogP contribution is 2.33. The third kappa shape index (κ3) is 3.50. The minimum atomic E-state index is -0.194. The van der Waals surface area contributed by atoms with Crippen molar-refractivity contribution in [3.8, 4) is 0 Å². The lowest BCUT2D eigenvalue weighted by Crippen LogP contribution is -2.48. The molecule has 5 heteroatoms. The molecule has 2 atom stereocenters. The van der Waals surface area contributed by atoms with Crippen molar-refractivity contribution in [2.75, 3.05) is 0 Å². The average Bonchev–Trinajstić information content (AvgIpc) is 2.84. The first-order chi connectivity index (χ1) is 11.1. The van der Waals surface area contributed by atoms with E-state index < -0.39 is 0 Å². The third-order valence-corrected chi connectivity index (χ3v) is 5.12. The van der Waals surface area contributed by atoms with E-state index in [4.69, 9.17) is 17.0 Å². The van der Waals surface area contributed by atoms with Crippen LogP contribution in [-0.2, 0) is 4.74 Å². The average molecular weight is 332 g/mol. The zero-order valence-electron chi connectivity index (χ0n) is 13.7. The second-order valence-corrected chi connectivity index (χ2v) is 6.96. The van der Waals surface area contributed by atoms with Gasteiger partial charge in [-0.2, -0.15) is 0 Å². The summed E-state index contributed by atoms with van der Waals surface area (Å²) in [6, 6.07) is 8.24. The second-order valence-electron chi connectivity index (χ2n) is 6.61. The summed E-state index contributed by atoms with van der Waals surface area (Å²) in [6.45, 7) is 4.04. The van der Waals surface area contributed by atoms with Gasteiger partial charge in [0.15, 0.2) is 0 Å². The van der Waals surface area contributed by atoms with Crippen molar-refractivity contribution in [2.45, 2.75) is 64.1 Å². The molecular formula is C18H24N2O2S. The Morgan fingerprint density at radius 2 is 1.87 bits per heavy atom. The fourth-order valence-corrected chi connectivity index (χ4v) is 3.78. The third-order valence-electron chi connectivity index (χ3n) is 4.83. The van der Waals surface area contributed by atoms with Gasteiger partial charge in [-0.25, -0.2) is 9.69 Å². The summed E-state index contributed by atoms with van der Waals surface area (Å²) in [5.74, 6) is 0. The van der Waals surface area contributed by atoms with Crippen molar-refractivity contribution in [1.29, 1.82) is 0 Å². The maximum atomic E-state index is 12.6. The van der Waals surface area contributed by atoms with E-state index in [2.05, 4.69) is 24.4 Å². The Kier molecular flexibility index (Phi) is 4.85. The number of ether oxygens (including phenoxy) is 1. The van der Waals surface area contributed by atoms with E-state index in [0.717, 1.165) is 18.4 Å². The maximum absolute atomic E-state index is 12.6. The van der Waals surface area contributed by atoms with E-state index in [0.29, 0.717) is 0 Å². The first-order valence-corrected chi connectivity index (χ1v) is 8.84. The molecule has 2 amide bonds. The Balaban J connectivity index is 1.69. The van der Waals surface area contributed by atoms with Gasteiger partial charge in [-0.1, -0.05) is 49.1 Å². The molecule has 2 aliphatic rings. The summed E-state index contributed by atoms with van der Waals surface area (Å²) in [6.07, 6.45) is 5.57. The number of rotatable bonds is 2. The van der Waals surface area contributed by atoms with Gasteiger partial charge >= 0.3 is 6.03 Å². The Hall–Kier alpha value is -1.62. The number of hydrogen-bond donors (Lipinski definition) is 1. The van der Waals surface area contributed by atoms with Crippen molar-refractivity contribution in [2.24, 2.45) is 0 Å². The van der Waals surface area contributed by atoms with Gasteiger partial charge in [0.05, 0.1) is 6.04 Å². The lowest BCUT2D eigenvalue weighted by molar-refractivity contribution is 0.188. The van der Waals surface area contributed by atoms with Crippen LogP contribution in [0.4, 0.5) is 4.79 Å². The molecule has 0 spiro atoms. The van der Waals surface area contributed by atoms with E-state index in [9.17, 15) is 4.79 Å². The Morgan fingerprint density at radius 1 is 1.22 bits per heavy atom. The van der Waals surface area contributed by atoms with Crippen LogP contribution in [0.3, 0.4) is 0 Å². The molecule has 1 saturated heterocycles. The predicted octanol–water partition coefficient (Wildman–Crippen LogP) is 4.08. The van der Waals surface area contributed by atoms with Gasteiger partial charge in [0.1, 0.15) is 6.10 Å². The van der Waals surface area contributed by atoms with Gasteiger partial charge in [0.2, 0.25) is 0 Å². The zero-order chi connectivity index (χ0) is 16.4. The van der Waals surface area contributed by atoms with Crippen LogP contribution < -0.4 is 5.32 Å². The lowest BCUT2D eigenvalue weighted by Gasteiger charge is -2.27. The van der Waals surface area contributed by atoms with E-state index in [1.807, 2.05) is 19.1 Å². The van der Waals surface area contributed by atoms with Crippen LogP contribution in [0.25, 0.3) is 0 Å². The Morgan fingerprint density at radius 3 is 2.52 bits per heavy atom. The van der Waals surface area contributed by atoms with Crippen molar-refractivity contribution in [3.63, 3.8) is 0 Å². The number of urea groups is 1. The van der Waals surface area contributed by atoms with Crippen LogP contribution >= 0.6 is 12.2 Å². The normalized spacial score (nSPS) is 25.3. The molecule has 1 aromatic rings. The summed E-state index contributed by atoms with van der Waals surface area (Å²) < 4.78 is 5.82. The Labute approximate surface area is 143 Å². The summed E-state index contributed by atoms with van der Waals surface area (Å²) in [5, 5.41) is 3.40. The molecule has 1 aromatic carbocycles. The molecule has 1 aliphatic carbocycles. The summed E-state index contributed by atoms with van der Waals surface area (Å²) in [5.41, 5.74) is 2.26. The van der Waals surface area contributed by atoms with E-state index >= 15 is 0 Å². The van der Waals surface area contributed by atoms with Gasteiger partial charge in [-0.15, -0.1) is 0 Å². The Bertz CT molecular complexity index is 581. The number of benzene rings is 1. The molecule has 2 fully saturated rings. The summed E-state index contributed by atoms with van der Waals surface area (Å²) >= 11 is 5.31.